The van der Waals surface area contributed by atoms with Gasteiger partial charge in [-0.1, -0.05) is 24.3 Å². The van der Waals surface area contributed by atoms with Crippen LogP contribution in [0.1, 0.15) is 30.7 Å². The van der Waals surface area contributed by atoms with E-state index in [1.165, 1.54) is 0 Å². The van der Waals surface area contributed by atoms with E-state index in [0.717, 1.165) is 5.56 Å². The summed E-state index contributed by atoms with van der Waals surface area (Å²) in [5, 5.41) is 26.8. The van der Waals surface area contributed by atoms with E-state index < -0.39 is 6.10 Å². The Morgan fingerprint density at radius 2 is 2.24 bits per heavy atom. The van der Waals surface area contributed by atoms with Crippen LogP contribution in [0.25, 0.3) is 0 Å². The van der Waals surface area contributed by atoms with E-state index in [1.54, 1.807) is 29.1 Å². The van der Waals surface area contributed by atoms with Gasteiger partial charge >= 0.3 is 0 Å². The van der Waals surface area contributed by atoms with Crippen LogP contribution in [-0.4, -0.2) is 25.2 Å². The Morgan fingerprint density at radius 3 is 2.94 bits per heavy atom. The van der Waals surface area contributed by atoms with Gasteiger partial charge in [0.2, 0.25) is 0 Å². The molecule has 1 heterocycles. The van der Waals surface area contributed by atoms with Crippen molar-refractivity contribution in [2.75, 3.05) is 0 Å². The number of benzene rings is 1. The molecule has 2 rings (SSSR count). The van der Waals surface area contributed by atoms with Gasteiger partial charge in [-0.15, -0.1) is 5.10 Å². The minimum absolute atomic E-state index is 0.233. The highest BCUT2D eigenvalue weighted by Crippen LogP contribution is 2.14. The molecule has 0 saturated heterocycles. The summed E-state index contributed by atoms with van der Waals surface area (Å²) in [5.41, 5.74) is 1.51. The zero-order chi connectivity index (χ0) is 12.3. The van der Waals surface area contributed by atoms with Crippen LogP contribution < -0.4 is 0 Å². The van der Waals surface area contributed by atoms with E-state index in [9.17, 15) is 10.2 Å². The summed E-state index contributed by atoms with van der Waals surface area (Å²) in [6, 6.07) is 6.98. The lowest BCUT2D eigenvalue weighted by Gasteiger charge is -2.02. The molecule has 0 saturated carbocycles. The van der Waals surface area contributed by atoms with Gasteiger partial charge in [0, 0.05) is 0 Å². The quantitative estimate of drug-likeness (QED) is 0.839. The average Bonchev–Trinajstić information content (AvgIpc) is 2.76. The maximum atomic E-state index is 9.60. The van der Waals surface area contributed by atoms with Crippen LogP contribution in [0.2, 0.25) is 0 Å². The van der Waals surface area contributed by atoms with E-state index >= 15 is 0 Å². The second-order valence-electron chi connectivity index (χ2n) is 3.93. The third-order valence-electron chi connectivity index (χ3n) is 2.54. The molecule has 2 aromatic rings. The molecule has 0 aliphatic rings. The maximum absolute atomic E-state index is 9.60. The fourth-order valence-corrected chi connectivity index (χ4v) is 1.59. The third-order valence-corrected chi connectivity index (χ3v) is 2.54. The number of aromatic hydroxyl groups is 1. The minimum Gasteiger partial charge on any atom is -0.508 e. The van der Waals surface area contributed by atoms with Crippen molar-refractivity contribution in [2.45, 2.75) is 26.0 Å². The lowest BCUT2D eigenvalue weighted by molar-refractivity contribution is 0.168. The highest BCUT2D eigenvalue weighted by Gasteiger charge is 2.09. The fraction of sp³-hybridized carbons (Fsp3) is 0.333. The van der Waals surface area contributed by atoms with Crippen LogP contribution in [0, 0.1) is 0 Å². The number of phenols is 1. The van der Waals surface area contributed by atoms with Crippen molar-refractivity contribution in [1.29, 1.82) is 0 Å². The summed E-state index contributed by atoms with van der Waals surface area (Å²) in [5.74, 6) is 0.233. The van der Waals surface area contributed by atoms with Crippen molar-refractivity contribution in [3.8, 4) is 5.75 Å². The predicted molar refractivity (Wildman–Crippen MR) is 62.5 cm³/mol. The number of aromatic nitrogens is 3. The summed E-state index contributed by atoms with van der Waals surface area (Å²) < 4.78 is 1.64. The molecule has 0 aliphatic carbocycles. The van der Waals surface area contributed by atoms with Crippen molar-refractivity contribution in [1.82, 2.24) is 15.0 Å². The van der Waals surface area contributed by atoms with E-state index in [1.807, 2.05) is 13.0 Å². The second-order valence-corrected chi connectivity index (χ2v) is 3.93. The molecule has 2 N–H and O–H groups in total. The van der Waals surface area contributed by atoms with Crippen molar-refractivity contribution < 1.29 is 10.2 Å². The van der Waals surface area contributed by atoms with Crippen LogP contribution >= 0.6 is 0 Å². The van der Waals surface area contributed by atoms with Crippen molar-refractivity contribution in [3.63, 3.8) is 0 Å². The second kappa shape index (κ2) is 4.97. The topological polar surface area (TPSA) is 71.2 Å². The van der Waals surface area contributed by atoms with Crippen LogP contribution in [0.4, 0.5) is 0 Å². The molecule has 0 aliphatic heterocycles. The molecule has 5 nitrogen and oxygen atoms in total. The Bertz CT molecular complexity index is 496. The highest BCUT2D eigenvalue weighted by molar-refractivity contribution is 5.27. The molecule has 17 heavy (non-hydrogen) atoms. The first kappa shape index (κ1) is 11.6. The summed E-state index contributed by atoms with van der Waals surface area (Å²) in [4.78, 5) is 0. The van der Waals surface area contributed by atoms with Gasteiger partial charge in [0.25, 0.3) is 0 Å². The van der Waals surface area contributed by atoms with Crippen LogP contribution in [0.5, 0.6) is 5.75 Å². The Morgan fingerprint density at radius 1 is 1.41 bits per heavy atom. The van der Waals surface area contributed by atoms with Gasteiger partial charge in [0.15, 0.2) is 0 Å². The molecule has 1 unspecified atom stereocenters. The van der Waals surface area contributed by atoms with Gasteiger partial charge in [-0.05, 0) is 24.1 Å². The molecule has 0 radical (unpaired) electrons. The SMILES string of the molecule is CCC(O)c1cn(Cc2cccc(O)c2)nn1. The largest absolute Gasteiger partial charge is 0.508 e. The Labute approximate surface area is 99.3 Å². The Kier molecular flexibility index (Phi) is 3.39. The van der Waals surface area contributed by atoms with Gasteiger partial charge in [0.05, 0.1) is 18.8 Å². The predicted octanol–water partition coefficient (Wildman–Crippen LogP) is 1.48. The zero-order valence-corrected chi connectivity index (χ0v) is 9.61. The molecule has 5 heteroatoms. The number of phenolic OH excluding ortho intramolecular Hbond substituents is 1. The number of nitrogens with zero attached hydrogens (tertiary/aromatic N) is 3. The van der Waals surface area contributed by atoms with Crippen molar-refractivity contribution in [2.24, 2.45) is 0 Å². The number of hydrogen-bond donors (Lipinski definition) is 2. The molecule has 1 aromatic carbocycles. The summed E-state index contributed by atoms with van der Waals surface area (Å²) in [6.07, 6.45) is 1.77. The van der Waals surface area contributed by atoms with Gasteiger partial charge in [-0.2, -0.15) is 0 Å². The standard InChI is InChI=1S/C12H15N3O2/c1-2-12(17)11-8-15(14-13-11)7-9-4-3-5-10(16)6-9/h3-6,8,12,16-17H,2,7H2,1H3. The molecule has 1 aromatic heterocycles. The molecular formula is C12H15N3O2. The smallest absolute Gasteiger partial charge is 0.115 e. The van der Waals surface area contributed by atoms with Crippen LogP contribution in [0.3, 0.4) is 0 Å². The lowest BCUT2D eigenvalue weighted by Crippen LogP contribution is -2.00. The summed E-state index contributed by atoms with van der Waals surface area (Å²) >= 11 is 0. The van der Waals surface area contributed by atoms with Gasteiger partial charge < -0.3 is 10.2 Å². The Balaban J connectivity index is 2.11. The molecular weight excluding hydrogens is 218 g/mol. The minimum atomic E-state index is -0.562. The van der Waals surface area contributed by atoms with E-state index in [0.29, 0.717) is 18.7 Å². The number of aliphatic hydroxyl groups excluding tert-OH is 1. The molecule has 0 fully saturated rings. The first-order valence-electron chi connectivity index (χ1n) is 5.55. The molecule has 0 spiro atoms. The monoisotopic (exact) mass is 233 g/mol. The fourth-order valence-electron chi connectivity index (χ4n) is 1.59. The van der Waals surface area contributed by atoms with E-state index in [2.05, 4.69) is 10.3 Å². The van der Waals surface area contributed by atoms with Gasteiger partial charge in [-0.3, -0.25) is 0 Å². The molecule has 1 atom stereocenters. The lowest BCUT2D eigenvalue weighted by atomic mass is 10.2. The van der Waals surface area contributed by atoms with Gasteiger partial charge in [0.1, 0.15) is 11.4 Å². The number of rotatable bonds is 4. The zero-order valence-electron chi connectivity index (χ0n) is 9.61. The summed E-state index contributed by atoms with van der Waals surface area (Å²) in [7, 11) is 0. The molecule has 90 valence electrons. The van der Waals surface area contributed by atoms with Crippen LogP contribution in [-0.2, 0) is 6.54 Å². The highest BCUT2D eigenvalue weighted by atomic mass is 16.3. The van der Waals surface area contributed by atoms with Gasteiger partial charge in [-0.25, -0.2) is 4.68 Å². The van der Waals surface area contributed by atoms with Crippen LogP contribution in [0.15, 0.2) is 30.5 Å². The average molecular weight is 233 g/mol. The third kappa shape index (κ3) is 2.82. The van der Waals surface area contributed by atoms with E-state index in [-0.39, 0.29) is 5.75 Å². The van der Waals surface area contributed by atoms with E-state index in [4.69, 9.17) is 0 Å². The molecule has 0 amide bonds. The normalized spacial score (nSPS) is 12.6. The number of hydrogen-bond acceptors (Lipinski definition) is 4. The molecule has 0 bridgehead atoms. The summed E-state index contributed by atoms with van der Waals surface area (Å²) in [6.45, 7) is 2.41. The van der Waals surface area contributed by atoms with Crippen molar-refractivity contribution in [3.05, 3.63) is 41.7 Å². The first-order chi connectivity index (χ1) is 8.19. The number of aliphatic hydroxyl groups is 1. The maximum Gasteiger partial charge on any atom is 0.115 e. The van der Waals surface area contributed by atoms with Crippen molar-refractivity contribution >= 4 is 0 Å². The Hall–Kier alpha value is -1.88. The first-order valence-corrected chi connectivity index (χ1v) is 5.55.